The molecule has 0 fully saturated rings. The Morgan fingerprint density at radius 2 is 1.47 bits per heavy atom. The van der Waals surface area contributed by atoms with Crippen molar-refractivity contribution in [3.8, 4) is 0 Å². The van der Waals surface area contributed by atoms with Crippen molar-refractivity contribution in [1.82, 2.24) is 10.2 Å². The van der Waals surface area contributed by atoms with Crippen LogP contribution in [0.5, 0.6) is 0 Å². The Kier molecular flexibility index (Phi) is 6.06. The van der Waals surface area contributed by atoms with E-state index in [4.69, 9.17) is 4.74 Å². The third-order valence-electron chi connectivity index (χ3n) is 4.62. The predicted octanol–water partition coefficient (Wildman–Crippen LogP) is 3.52. The van der Waals surface area contributed by atoms with E-state index in [9.17, 15) is 14.4 Å². The van der Waals surface area contributed by atoms with Gasteiger partial charge in [0, 0.05) is 12.6 Å². The van der Waals surface area contributed by atoms with E-state index >= 15 is 0 Å². The topological polar surface area (TPSA) is 75.7 Å². The van der Waals surface area contributed by atoms with Crippen molar-refractivity contribution in [2.24, 2.45) is 0 Å². The number of likely N-dealkylation sites (N-methyl/N-ethyl adjacent to an activating group) is 1. The second kappa shape index (κ2) is 8.53. The van der Waals surface area contributed by atoms with Crippen LogP contribution in [0.15, 0.2) is 54.6 Å². The quantitative estimate of drug-likeness (QED) is 0.520. The van der Waals surface area contributed by atoms with Crippen LogP contribution in [0.25, 0.3) is 21.5 Å². The van der Waals surface area contributed by atoms with E-state index in [-0.39, 0.29) is 18.0 Å². The molecule has 3 rings (SSSR count). The summed E-state index contributed by atoms with van der Waals surface area (Å²) in [5, 5.41) is 6.18. The van der Waals surface area contributed by atoms with E-state index in [2.05, 4.69) is 5.32 Å². The number of nitrogens with one attached hydrogen (secondary N) is 1. The molecule has 0 saturated carbocycles. The van der Waals surface area contributed by atoms with Crippen molar-refractivity contribution in [1.29, 1.82) is 0 Å². The summed E-state index contributed by atoms with van der Waals surface area (Å²) in [5.41, 5.74) is 0.0488. The van der Waals surface area contributed by atoms with Crippen LogP contribution in [-0.2, 0) is 14.3 Å². The van der Waals surface area contributed by atoms with Crippen LogP contribution in [0.1, 0.15) is 31.1 Å². The highest BCUT2D eigenvalue weighted by Crippen LogP contribution is 2.29. The largest absolute Gasteiger partial charge is 0.452 e. The number of rotatable bonds is 5. The number of esters is 1. The Morgan fingerprint density at radius 1 is 0.933 bits per heavy atom. The zero-order valence-electron chi connectivity index (χ0n) is 17.7. The lowest BCUT2D eigenvalue weighted by Crippen LogP contribution is -2.46. The fraction of sp³-hybridized carbons (Fsp3) is 0.292. The Bertz CT molecular complexity index is 1060. The van der Waals surface area contributed by atoms with Gasteiger partial charge in [-0.2, -0.15) is 0 Å². The Balaban J connectivity index is 1.75. The number of amides is 2. The lowest BCUT2D eigenvalue weighted by Gasteiger charge is -2.23. The fourth-order valence-electron chi connectivity index (χ4n) is 3.30. The SMILES string of the molecule is CN(CC(=O)NC(C)(C)C)C(=O)COC(=O)c1c2ccccc2cc2ccccc12. The van der Waals surface area contributed by atoms with E-state index in [0.717, 1.165) is 21.5 Å². The molecular weight excluding hydrogens is 380 g/mol. The van der Waals surface area contributed by atoms with E-state index in [1.807, 2.05) is 75.4 Å². The van der Waals surface area contributed by atoms with Gasteiger partial charge in [-0.05, 0) is 48.4 Å². The van der Waals surface area contributed by atoms with Crippen molar-refractivity contribution in [3.63, 3.8) is 0 Å². The van der Waals surface area contributed by atoms with Crippen LogP contribution in [0.2, 0.25) is 0 Å². The first-order valence-electron chi connectivity index (χ1n) is 9.78. The minimum absolute atomic E-state index is 0.106. The number of carbonyl (C=O) groups excluding carboxylic acids is 3. The minimum Gasteiger partial charge on any atom is -0.452 e. The van der Waals surface area contributed by atoms with Gasteiger partial charge < -0.3 is 15.0 Å². The molecule has 2 amide bonds. The molecule has 0 bridgehead atoms. The fourth-order valence-corrected chi connectivity index (χ4v) is 3.30. The smallest absolute Gasteiger partial charge is 0.339 e. The molecule has 0 aliphatic rings. The summed E-state index contributed by atoms with van der Waals surface area (Å²) in [6.45, 7) is 5.05. The number of carbonyl (C=O) groups is 3. The molecule has 0 spiro atoms. The van der Waals surface area contributed by atoms with Crippen LogP contribution in [0.3, 0.4) is 0 Å². The molecule has 30 heavy (non-hydrogen) atoms. The average molecular weight is 406 g/mol. The van der Waals surface area contributed by atoms with Gasteiger partial charge in [0.1, 0.15) is 0 Å². The van der Waals surface area contributed by atoms with Crippen LogP contribution in [0.4, 0.5) is 0 Å². The van der Waals surface area contributed by atoms with Gasteiger partial charge >= 0.3 is 5.97 Å². The number of hydrogen-bond acceptors (Lipinski definition) is 4. The summed E-state index contributed by atoms with van der Waals surface area (Å²) < 4.78 is 5.35. The molecule has 0 radical (unpaired) electrons. The van der Waals surface area contributed by atoms with E-state index < -0.39 is 18.5 Å². The van der Waals surface area contributed by atoms with Crippen molar-refractivity contribution >= 4 is 39.3 Å². The highest BCUT2D eigenvalue weighted by atomic mass is 16.5. The summed E-state index contributed by atoms with van der Waals surface area (Å²) in [6.07, 6.45) is 0. The number of benzene rings is 3. The molecule has 6 heteroatoms. The monoisotopic (exact) mass is 406 g/mol. The molecule has 3 aromatic carbocycles. The van der Waals surface area contributed by atoms with Crippen molar-refractivity contribution in [3.05, 3.63) is 60.2 Å². The maximum absolute atomic E-state index is 12.9. The first-order chi connectivity index (χ1) is 14.2. The highest BCUT2D eigenvalue weighted by molar-refractivity contribution is 6.16. The molecule has 0 atom stereocenters. The van der Waals surface area contributed by atoms with Crippen molar-refractivity contribution < 1.29 is 19.1 Å². The predicted molar refractivity (Wildman–Crippen MR) is 117 cm³/mol. The molecule has 156 valence electrons. The maximum atomic E-state index is 12.9. The third-order valence-corrected chi connectivity index (χ3v) is 4.62. The Hall–Kier alpha value is -3.41. The van der Waals surface area contributed by atoms with Crippen LogP contribution in [-0.4, -0.2) is 48.4 Å². The summed E-state index contributed by atoms with van der Waals surface area (Å²) >= 11 is 0. The maximum Gasteiger partial charge on any atom is 0.339 e. The second-order valence-corrected chi connectivity index (χ2v) is 8.32. The molecule has 0 aliphatic heterocycles. The third kappa shape index (κ3) is 4.95. The van der Waals surface area contributed by atoms with Gasteiger partial charge in [0.2, 0.25) is 5.91 Å². The first-order valence-corrected chi connectivity index (χ1v) is 9.78. The van der Waals surface area contributed by atoms with Gasteiger partial charge in [0.15, 0.2) is 6.61 Å². The number of nitrogens with zero attached hydrogens (tertiary/aromatic N) is 1. The van der Waals surface area contributed by atoms with Gasteiger partial charge in [0.25, 0.3) is 5.91 Å². The molecule has 1 N–H and O–H groups in total. The molecule has 3 aromatic rings. The number of hydrogen-bond donors (Lipinski definition) is 1. The van der Waals surface area contributed by atoms with E-state index in [0.29, 0.717) is 5.56 Å². The average Bonchev–Trinajstić information content (AvgIpc) is 2.68. The zero-order valence-corrected chi connectivity index (χ0v) is 17.7. The molecule has 0 aromatic heterocycles. The van der Waals surface area contributed by atoms with Gasteiger partial charge in [-0.25, -0.2) is 4.79 Å². The lowest BCUT2D eigenvalue weighted by molar-refractivity contribution is -0.137. The van der Waals surface area contributed by atoms with Crippen molar-refractivity contribution in [2.45, 2.75) is 26.3 Å². The van der Waals surface area contributed by atoms with E-state index in [1.54, 1.807) is 0 Å². The normalized spacial score (nSPS) is 11.3. The van der Waals surface area contributed by atoms with Gasteiger partial charge in [-0.3, -0.25) is 9.59 Å². The van der Waals surface area contributed by atoms with Gasteiger partial charge in [-0.15, -0.1) is 0 Å². The van der Waals surface area contributed by atoms with Crippen LogP contribution in [0, 0.1) is 0 Å². The molecule has 6 nitrogen and oxygen atoms in total. The van der Waals surface area contributed by atoms with Crippen LogP contribution < -0.4 is 5.32 Å². The molecule has 0 heterocycles. The zero-order chi connectivity index (χ0) is 21.9. The van der Waals surface area contributed by atoms with Gasteiger partial charge in [0.05, 0.1) is 12.1 Å². The van der Waals surface area contributed by atoms with E-state index in [1.165, 1.54) is 11.9 Å². The Morgan fingerprint density at radius 3 is 2.00 bits per heavy atom. The van der Waals surface area contributed by atoms with Gasteiger partial charge in [-0.1, -0.05) is 48.5 Å². The lowest BCUT2D eigenvalue weighted by atomic mass is 9.97. The summed E-state index contributed by atoms with van der Waals surface area (Å²) in [5.74, 6) is -1.29. The molecule has 0 aliphatic carbocycles. The van der Waals surface area contributed by atoms with Crippen LogP contribution >= 0.6 is 0 Å². The molecule has 0 unspecified atom stereocenters. The number of ether oxygens (including phenoxy) is 1. The van der Waals surface area contributed by atoms with Crippen molar-refractivity contribution in [2.75, 3.05) is 20.2 Å². The standard InChI is InChI=1S/C24H26N2O4/c1-24(2,3)25-20(27)14-26(4)21(28)15-30-23(29)22-18-11-7-5-9-16(18)13-17-10-6-8-12-19(17)22/h5-13H,14-15H2,1-4H3,(H,25,27). The number of fused-ring (bicyclic) bond motifs is 2. The minimum atomic E-state index is -0.566. The summed E-state index contributed by atoms with van der Waals surface area (Å²) in [4.78, 5) is 38.6. The first kappa shape index (κ1) is 21.3. The second-order valence-electron chi connectivity index (χ2n) is 8.32. The summed E-state index contributed by atoms with van der Waals surface area (Å²) in [6, 6.07) is 17.2. The molecule has 0 saturated heterocycles. The highest BCUT2D eigenvalue weighted by Gasteiger charge is 2.21. The summed E-state index contributed by atoms with van der Waals surface area (Å²) in [7, 11) is 1.51. The molecular formula is C24H26N2O4. The Labute approximate surface area is 175 Å².